The lowest BCUT2D eigenvalue weighted by Gasteiger charge is -2.18. The molecule has 7 nitrogen and oxygen atoms in total. The van der Waals surface area contributed by atoms with E-state index in [0.29, 0.717) is 23.4 Å². The summed E-state index contributed by atoms with van der Waals surface area (Å²) in [5.74, 6) is -0.175. The minimum Gasteiger partial charge on any atom is -0.351 e. The lowest BCUT2D eigenvalue weighted by atomic mass is 10.00. The number of carbonyl (C=O) groups excluding carboxylic acids is 1. The third kappa shape index (κ3) is 4.57. The summed E-state index contributed by atoms with van der Waals surface area (Å²) < 4.78 is 0. The maximum absolute atomic E-state index is 12.7. The lowest BCUT2D eigenvalue weighted by molar-refractivity contribution is -0.384. The fraction of sp³-hybridized carbons (Fsp3) is 0.273. The predicted octanol–water partition coefficient (Wildman–Crippen LogP) is 3.88. The van der Waals surface area contributed by atoms with Crippen LogP contribution < -0.4 is 5.32 Å². The first-order chi connectivity index (χ1) is 14.0. The lowest BCUT2D eigenvalue weighted by Crippen LogP contribution is -2.34. The summed E-state index contributed by atoms with van der Waals surface area (Å²) in [6.45, 7) is 7.41. The minimum absolute atomic E-state index is 0.00611. The molecule has 0 aliphatic carbocycles. The maximum atomic E-state index is 12.7. The molecule has 7 heteroatoms. The molecule has 0 aliphatic rings. The second kappa shape index (κ2) is 9.25. The van der Waals surface area contributed by atoms with Crippen LogP contribution in [0.15, 0.2) is 54.7 Å². The van der Waals surface area contributed by atoms with Gasteiger partial charge in [0, 0.05) is 42.4 Å². The largest absolute Gasteiger partial charge is 0.351 e. The topological polar surface area (TPSA) is 88.4 Å². The van der Waals surface area contributed by atoms with E-state index in [1.165, 1.54) is 12.1 Å². The molecule has 1 heterocycles. The van der Waals surface area contributed by atoms with Crippen LogP contribution in [-0.2, 0) is 0 Å². The van der Waals surface area contributed by atoms with E-state index < -0.39 is 4.92 Å². The number of hydrogen-bond donors (Lipinski definition) is 1. The van der Waals surface area contributed by atoms with Gasteiger partial charge in [-0.25, -0.2) is 0 Å². The molecule has 0 radical (unpaired) electrons. The van der Waals surface area contributed by atoms with E-state index in [9.17, 15) is 14.9 Å². The highest BCUT2D eigenvalue weighted by atomic mass is 16.6. The number of nitrogens with zero attached hydrogens (tertiary/aromatic N) is 3. The zero-order chi connectivity index (χ0) is 20.8. The quantitative estimate of drug-likeness (QED) is 0.464. The SMILES string of the molecule is CCN(CC)CCNC(=O)c1cnc(-c2cccc([N+](=O)[O-])c2)c2ccccc12. The van der Waals surface area contributed by atoms with Crippen LogP contribution in [0.1, 0.15) is 24.2 Å². The average Bonchev–Trinajstić information content (AvgIpc) is 2.76. The van der Waals surface area contributed by atoms with E-state index in [2.05, 4.69) is 29.0 Å². The van der Waals surface area contributed by atoms with Crippen LogP contribution in [0.2, 0.25) is 0 Å². The van der Waals surface area contributed by atoms with Crippen LogP contribution in [0.3, 0.4) is 0 Å². The molecule has 1 N–H and O–H groups in total. The molecule has 0 unspecified atom stereocenters. The van der Waals surface area contributed by atoms with Crippen LogP contribution in [0, 0.1) is 10.1 Å². The van der Waals surface area contributed by atoms with Gasteiger partial charge >= 0.3 is 0 Å². The number of nitrogens with one attached hydrogen (secondary N) is 1. The third-order valence-electron chi connectivity index (χ3n) is 4.98. The predicted molar refractivity (Wildman–Crippen MR) is 114 cm³/mol. The summed E-state index contributed by atoms with van der Waals surface area (Å²) in [5.41, 5.74) is 1.76. The van der Waals surface area contributed by atoms with Crippen molar-refractivity contribution in [2.75, 3.05) is 26.2 Å². The molecular weight excluding hydrogens is 368 g/mol. The molecule has 1 amide bonds. The second-order valence-corrected chi connectivity index (χ2v) is 6.66. The Morgan fingerprint density at radius 2 is 1.83 bits per heavy atom. The number of likely N-dealkylation sites (N-methyl/N-ethyl adjacent to an activating group) is 1. The number of pyridine rings is 1. The van der Waals surface area contributed by atoms with Gasteiger partial charge < -0.3 is 10.2 Å². The summed E-state index contributed by atoms with van der Waals surface area (Å²) in [4.78, 5) is 30.2. The summed E-state index contributed by atoms with van der Waals surface area (Å²) >= 11 is 0. The molecule has 150 valence electrons. The van der Waals surface area contributed by atoms with Gasteiger partial charge in [0.1, 0.15) is 0 Å². The first-order valence-corrected chi connectivity index (χ1v) is 9.68. The Kier molecular flexibility index (Phi) is 6.51. The second-order valence-electron chi connectivity index (χ2n) is 6.66. The molecule has 0 fully saturated rings. The molecule has 29 heavy (non-hydrogen) atoms. The Morgan fingerprint density at radius 1 is 1.10 bits per heavy atom. The van der Waals surface area contributed by atoms with Gasteiger partial charge in [0.15, 0.2) is 0 Å². The number of carbonyl (C=O) groups is 1. The highest BCUT2D eigenvalue weighted by Gasteiger charge is 2.16. The molecule has 0 spiro atoms. The van der Waals surface area contributed by atoms with Gasteiger partial charge in [-0.3, -0.25) is 19.9 Å². The van der Waals surface area contributed by atoms with Crippen LogP contribution in [0.25, 0.3) is 22.0 Å². The molecule has 0 aliphatic heterocycles. The van der Waals surface area contributed by atoms with Crippen molar-refractivity contribution in [1.29, 1.82) is 0 Å². The van der Waals surface area contributed by atoms with Gasteiger partial charge in [0.25, 0.3) is 11.6 Å². The number of hydrogen-bond acceptors (Lipinski definition) is 5. The number of benzene rings is 2. The Labute approximate surface area is 169 Å². The third-order valence-corrected chi connectivity index (χ3v) is 4.98. The molecule has 2 aromatic carbocycles. The Bertz CT molecular complexity index is 1030. The van der Waals surface area contributed by atoms with Crippen molar-refractivity contribution < 1.29 is 9.72 Å². The van der Waals surface area contributed by atoms with Crippen LogP contribution in [-0.4, -0.2) is 46.9 Å². The summed E-state index contributed by atoms with van der Waals surface area (Å²) in [7, 11) is 0. The van der Waals surface area contributed by atoms with E-state index in [-0.39, 0.29) is 11.6 Å². The molecular formula is C22H24N4O3. The minimum atomic E-state index is -0.427. The molecule has 0 saturated heterocycles. The normalized spacial score (nSPS) is 11.0. The fourth-order valence-corrected chi connectivity index (χ4v) is 3.33. The summed E-state index contributed by atoms with van der Waals surface area (Å²) in [6.07, 6.45) is 1.54. The van der Waals surface area contributed by atoms with Gasteiger partial charge in [-0.2, -0.15) is 0 Å². The van der Waals surface area contributed by atoms with Crippen molar-refractivity contribution in [1.82, 2.24) is 15.2 Å². The van der Waals surface area contributed by atoms with Crippen molar-refractivity contribution in [3.63, 3.8) is 0 Å². The molecule has 0 saturated carbocycles. The van der Waals surface area contributed by atoms with Gasteiger partial charge in [-0.05, 0) is 18.5 Å². The van der Waals surface area contributed by atoms with Crippen molar-refractivity contribution >= 4 is 22.4 Å². The van der Waals surface area contributed by atoms with E-state index in [1.54, 1.807) is 18.3 Å². The van der Waals surface area contributed by atoms with E-state index >= 15 is 0 Å². The van der Waals surface area contributed by atoms with Crippen molar-refractivity contribution in [2.45, 2.75) is 13.8 Å². The zero-order valence-corrected chi connectivity index (χ0v) is 16.6. The summed E-state index contributed by atoms with van der Waals surface area (Å²) in [5, 5.41) is 15.6. The number of fused-ring (bicyclic) bond motifs is 1. The first-order valence-electron chi connectivity index (χ1n) is 9.68. The fourth-order valence-electron chi connectivity index (χ4n) is 3.33. The van der Waals surface area contributed by atoms with E-state index in [0.717, 1.165) is 30.4 Å². The Balaban J connectivity index is 1.93. The highest BCUT2D eigenvalue weighted by Crippen LogP contribution is 2.30. The molecule has 3 aromatic rings. The van der Waals surface area contributed by atoms with Gasteiger partial charge in [0.2, 0.25) is 0 Å². The zero-order valence-electron chi connectivity index (χ0n) is 16.6. The molecule has 3 rings (SSSR count). The van der Waals surface area contributed by atoms with Gasteiger partial charge in [0.05, 0.1) is 16.2 Å². The van der Waals surface area contributed by atoms with E-state index in [1.807, 2.05) is 24.3 Å². The number of rotatable bonds is 8. The number of non-ortho nitro benzene ring substituents is 1. The number of amides is 1. The maximum Gasteiger partial charge on any atom is 0.270 e. The Hall–Kier alpha value is -3.32. The number of aromatic nitrogens is 1. The average molecular weight is 392 g/mol. The number of nitro groups is 1. The Morgan fingerprint density at radius 3 is 2.52 bits per heavy atom. The monoisotopic (exact) mass is 392 g/mol. The molecule has 1 aromatic heterocycles. The van der Waals surface area contributed by atoms with Gasteiger partial charge in [-0.1, -0.05) is 50.2 Å². The van der Waals surface area contributed by atoms with Crippen LogP contribution >= 0.6 is 0 Å². The van der Waals surface area contributed by atoms with Crippen molar-refractivity contribution in [3.8, 4) is 11.3 Å². The number of nitro benzene ring substituents is 1. The highest BCUT2D eigenvalue weighted by molar-refractivity contribution is 6.09. The standard InChI is InChI=1S/C22H24N4O3/c1-3-25(4-2)13-12-23-22(27)20-15-24-21(19-11-6-5-10-18(19)20)16-8-7-9-17(14-16)26(28)29/h5-11,14-15H,3-4,12-13H2,1-2H3,(H,23,27). The summed E-state index contributed by atoms with van der Waals surface area (Å²) in [6, 6.07) is 13.9. The first kappa shape index (κ1) is 20.4. The van der Waals surface area contributed by atoms with Crippen LogP contribution in [0.4, 0.5) is 5.69 Å². The van der Waals surface area contributed by atoms with Crippen molar-refractivity contribution in [2.24, 2.45) is 0 Å². The smallest absolute Gasteiger partial charge is 0.270 e. The molecule has 0 bridgehead atoms. The van der Waals surface area contributed by atoms with E-state index in [4.69, 9.17) is 0 Å². The van der Waals surface area contributed by atoms with Crippen molar-refractivity contribution in [3.05, 3.63) is 70.4 Å². The van der Waals surface area contributed by atoms with Gasteiger partial charge in [-0.15, -0.1) is 0 Å². The van der Waals surface area contributed by atoms with Crippen LogP contribution in [0.5, 0.6) is 0 Å². The molecule has 0 atom stereocenters.